The van der Waals surface area contributed by atoms with E-state index >= 15 is 0 Å². The molecule has 1 aromatic carbocycles. The van der Waals surface area contributed by atoms with Crippen molar-refractivity contribution < 1.29 is 4.42 Å². The SMILES string of the molecule is CC(CN)CCNCc1ccc2c(c1)oc(=O)n2C. The van der Waals surface area contributed by atoms with Gasteiger partial charge in [0.15, 0.2) is 5.58 Å². The standard InChI is InChI=1S/C14H21N3O2/c1-10(8-15)5-6-16-9-11-3-4-12-13(7-11)19-14(18)17(12)2/h3-4,7,10,16H,5-6,8-9,15H2,1-2H3. The molecule has 0 saturated heterocycles. The number of nitrogens with two attached hydrogens (primary N) is 1. The molecule has 0 fully saturated rings. The van der Waals surface area contributed by atoms with E-state index in [2.05, 4.69) is 12.2 Å². The van der Waals surface area contributed by atoms with Gasteiger partial charge in [-0.1, -0.05) is 13.0 Å². The largest absolute Gasteiger partial charge is 0.419 e. The first-order valence-corrected chi connectivity index (χ1v) is 6.61. The van der Waals surface area contributed by atoms with Gasteiger partial charge in [-0.2, -0.15) is 0 Å². The Morgan fingerprint density at radius 3 is 3.00 bits per heavy atom. The van der Waals surface area contributed by atoms with Gasteiger partial charge in [-0.25, -0.2) is 4.79 Å². The fourth-order valence-electron chi connectivity index (χ4n) is 1.99. The number of hydrogen-bond acceptors (Lipinski definition) is 4. The van der Waals surface area contributed by atoms with Crippen LogP contribution in [0.5, 0.6) is 0 Å². The highest BCUT2D eigenvalue weighted by Crippen LogP contribution is 2.14. The third kappa shape index (κ3) is 3.24. The molecule has 0 bridgehead atoms. The number of rotatable bonds is 6. The average molecular weight is 263 g/mol. The molecule has 0 spiro atoms. The van der Waals surface area contributed by atoms with Gasteiger partial charge in [-0.15, -0.1) is 0 Å². The van der Waals surface area contributed by atoms with E-state index in [1.54, 1.807) is 7.05 Å². The summed E-state index contributed by atoms with van der Waals surface area (Å²) < 4.78 is 6.67. The fourth-order valence-corrected chi connectivity index (χ4v) is 1.99. The Balaban J connectivity index is 1.96. The number of fused-ring (bicyclic) bond motifs is 1. The third-order valence-corrected chi connectivity index (χ3v) is 3.40. The van der Waals surface area contributed by atoms with E-state index in [9.17, 15) is 4.79 Å². The number of nitrogens with one attached hydrogen (secondary N) is 1. The Kier molecular flexibility index (Phi) is 4.39. The van der Waals surface area contributed by atoms with Crippen molar-refractivity contribution in [3.63, 3.8) is 0 Å². The van der Waals surface area contributed by atoms with Gasteiger partial charge in [0, 0.05) is 13.6 Å². The van der Waals surface area contributed by atoms with Gasteiger partial charge in [0.05, 0.1) is 5.52 Å². The van der Waals surface area contributed by atoms with E-state index in [0.717, 1.165) is 37.1 Å². The van der Waals surface area contributed by atoms with Crippen LogP contribution in [0.25, 0.3) is 11.1 Å². The van der Waals surface area contributed by atoms with E-state index in [0.29, 0.717) is 11.5 Å². The maximum atomic E-state index is 11.4. The lowest BCUT2D eigenvalue weighted by molar-refractivity contribution is 0.509. The summed E-state index contributed by atoms with van der Waals surface area (Å²) >= 11 is 0. The van der Waals surface area contributed by atoms with E-state index in [1.807, 2.05) is 18.2 Å². The van der Waals surface area contributed by atoms with Crippen molar-refractivity contribution in [3.05, 3.63) is 34.3 Å². The predicted molar refractivity (Wildman–Crippen MR) is 76.0 cm³/mol. The summed E-state index contributed by atoms with van der Waals surface area (Å²) in [5.41, 5.74) is 8.15. The Hall–Kier alpha value is -1.59. The minimum absolute atomic E-state index is 0.322. The fraction of sp³-hybridized carbons (Fsp3) is 0.500. The summed E-state index contributed by atoms with van der Waals surface area (Å²) in [5, 5.41) is 3.37. The highest BCUT2D eigenvalue weighted by molar-refractivity contribution is 5.73. The molecule has 0 saturated carbocycles. The molecule has 0 aliphatic rings. The molecule has 0 aliphatic heterocycles. The van der Waals surface area contributed by atoms with Gasteiger partial charge >= 0.3 is 5.76 Å². The van der Waals surface area contributed by atoms with Gasteiger partial charge in [-0.05, 0) is 43.1 Å². The van der Waals surface area contributed by atoms with Crippen molar-refractivity contribution in [1.82, 2.24) is 9.88 Å². The van der Waals surface area contributed by atoms with E-state index in [1.165, 1.54) is 4.57 Å². The Morgan fingerprint density at radius 2 is 2.26 bits per heavy atom. The normalized spacial score (nSPS) is 13.0. The van der Waals surface area contributed by atoms with Crippen molar-refractivity contribution in [2.24, 2.45) is 18.7 Å². The van der Waals surface area contributed by atoms with Gasteiger partial charge in [0.1, 0.15) is 0 Å². The van der Waals surface area contributed by atoms with Crippen molar-refractivity contribution >= 4 is 11.1 Å². The number of aromatic nitrogens is 1. The second-order valence-electron chi connectivity index (χ2n) is 5.04. The number of benzene rings is 1. The number of hydrogen-bond donors (Lipinski definition) is 2. The molecule has 0 aliphatic carbocycles. The predicted octanol–water partition coefficient (Wildman–Crippen LogP) is 1.21. The summed E-state index contributed by atoms with van der Waals surface area (Å²) in [6.45, 7) is 4.58. The number of aryl methyl sites for hydroxylation is 1. The van der Waals surface area contributed by atoms with Crippen LogP contribution in [0.4, 0.5) is 0 Å². The van der Waals surface area contributed by atoms with Crippen LogP contribution in [0.2, 0.25) is 0 Å². The molecular weight excluding hydrogens is 242 g/mol. The molecule has 1 heterocycles. The molecule has 2 aromatic rings. The van der Waals surface area contributed by atoms with Crippen LogP contribution in [0.1, 0.15) is 18.9 Å². The molecule has 5 heteroatoms. The third-order valence-electron chi connectivity index (χ3n) is 3.40. The van der Waals surface area contributed by atoms with Crippen LogP contribution >= 0.6 is 0 Å². The van der Waals surface area contributed by atoms with E-state index < -0.39 is 0 Å². The van der Waals surface area contributed by atoms with Crippen LogP contribution in [0.3, 0.4) is 0 Å². The first-order valence-electron chi connectivity index (χ1n) is 6.61. The second-order valence-corrected chi connectivity index (χ2v) is 5.04. The van der Waals surface area contributed by atoms with E-state index in [4.69, 9.17) is 10.2 Å². The Bertz CT molecular complexity index is 600. The minimum atomic E-state index is -0.322. The summed E-state index contributed by atoms with van der Waals surface area (Å²) in [7, 11) is 1.71. The lowest BCUT2D eigenvalue weighted by Crippen LogP contribution is -2.20. The van der Waals surface area contributed by atoms with Gasteiger partial charge in [-0.3, -0.25) is 4.57 Å². The zero-order valence-electron chi connectivity index (χ0n) is 11.5. The smallest absolute Gasteiger partial charge is 0.408 e. The highest BCUT2D eigenvalue weighted by atomic mass is 16.4. The van der Waals surface area contributed by atoms with Crippen molar-refractivity contribution in [3.8, 4) is 0 Å². The molecule has 1 aromatic heterocycles. The summed E-state index contributed by atoms with van der Waals surface area (Å²) in [5.74, 6) is 0.221. The van der Waals surface area contributed by atoms with Gasteiger partial charge < -0.3 is 15.5 Å². The van der Waals surface area contributed by atoms with Gasteiger partial charge in [0.25, 0.3) is 0 Å². The molecule has 19 heavy (non-hydrogen) atoms. The molecule has 1 atom stereocenters. The molecular formula is C14H21N3O2. The average Bonchev–Trinajstić information content (AvgIpc) is 2.69. The first kappa shape index (κ1) is 13.8. The maximum Gasteiger partial charge on any atom is 0.419 e. The molecule has 1 unspecified atom stereocenters. The minimum Gasteiger partial charge on any atom is -0.408 e. The second kappa shape index (κ2) is 6.04. The van der Waals surface area contributed by atoms with Crippen molar-refractivity contribution in [2.75, 3.05) is 13.1 Å². The Morgan fingerprint density at radius 1 is 1.47 bits per heavy atom. The molecule has 3 N–H and O–H groups in total. The molecule has 5 nitrogen and oxygen atoms in total. The summed E-state index contributed by atoms with van der Waals surface area (Å²) in [4.78, 5) is 11.4. The topological polar surface area (TPSA) is 73.2 Å². The van der Waals surface area contributed by atoms with E-state index in [-0.39, 0.29) is 5.76 Å². The summed E-state index contributed by atoms with van der Waals surface area (Å²) in [6.07, 6.45) is 1.07. The lowest BCUT2D eigenvalue weighted by Gasteiger charge is -2.09. The van der Waals surface area contributed by atoms with Crippen molar-refractivity contribution in [2.45, 2.75) is 19.9 Å². The zero-order valence-corrected chi connectivity index (χ0v) is 11.5. The van der Waals surface area contributed by atoms with Crippen LogP contribution < -0.4 is 16.8 Å². The first-order chi connectivity index (χ1) is 9.11. The quantitative estimate of drug-likeness (QED) is 0.768. The van der Waals surface area contributed by atoms with Crippen LogP contribution in [-0.4, -0.2) is 17.7 Å². The molecule has 104 valence electrons. The molecule has 0 amide bonds. The molecule has 0 radical (unpaired) electrons. The Labute approximate surface area is 112 Å². The van der Waals surface area contributed by atoms with Crippen LogP contribution in [0, 0.1) is 5.92 Å². The van der Waals surface area contributed by atoms with Gasteiger partial charge in [0.2, 0.25) is 0 Å². The number of nitrogens with zero attached hydrogens (tertiary/aromatic N) is 1. The zero-order chi connectivity index (χ0) is 13.8. The van der Waals surface area contributed by atoms with Crippen LogP contribution in [-0.2, 0) is 13.6 Å². The monoisotopic (exact) mass is 263 g/mol. The lowest BCUT2D eigenvalue weighted by atomic mass is 10.1. The highest BCUT2D eigenvalue weighted by Gasteiger charge is 2.06. The molecule has 2 rings (SSSR count). The maximum absolute atomic E-state index is 11.4. The number of oxazole rings is 1. The van der Waals surface area contributed by atoms with Crippen molar-refractivity contribution in [1.29, 1.82) is 0 Å². The summed E-state index contributed by atoms with van der Waals surface area (Å²) in [6, 6.07) is 5.84. The van der Waals surface area contributed by atoms with Crippen LogP contribution in [0.15, 0.2) is 27.4 Å².